The molecule has 9 heteroatoms. The Morgan fingerprint density at radius 2 is 1.73 bits per heavy atom. The van der Waals surface area contributed by atoms with Crippen molar-refractivity contribution in [2.24, 2.45) is 62.6 Å². The summed E-state index contributed by atoms with van der Waals surface area (Å²) in [5.74, 6) is 1.45. The number of carboxylic acid groups (broad SMARTS) is 2. The van der Waals surface area contributed by atoms with Crippen LogP contribution in [0, 0.1) is 73.9 Å². The third-order valence-corrected chi connectivity index (χ3v) is 17.6. The third kappa shape index (κ3) is 6.10. The summed E-state index contributed by atoms with van der Waals surface area (Å²) in [5.41, 5.74) is 2.26. The molecule has 9 nitrogen and oxygen atoms in total. The number of β-amino-alcohol motifs (C(OH)–C–C–N with tert-alkyl or cyclic N) is 1. The molecule has 0 radical (unpaired) electrons. The average Bonchev–Trinajstić information content (AvgIpc) is 3.53. The van der Waals surface area contributed by atoms with Crippen molar-refractivity contribution in [3.63, 3.8) is 0 Å². The number of ether oxygens (including phenoxy) is 1. The summed E-state index contributed by atoms with van der Waals surface area (Å²) in [7, 11) is 0. The highest BCUT2D eigenvalue weighted by Crippen LogP contribution is 2.76. The Kier molecular flexibility index (Phi) is 10.2. The van der Waals surface area contributed by atoms with Crippen LogP contribution in [0.3, 0.4) is 0 Å². The van der Waals surface area contributed by atoms with Gasteiger partial charge in [-0.25, -0.2) is 9.78 Å². The number of aromatic nitrogens is 1. The molecule has 4 N–H and O–H groups in total. The monoisotopic (exact) mass is 755 g/mol. The van der Waals surface area contributed by atoms with E-state index in [9.17, 15) is 30.2 Å². The first-order valence-electron chi connectivity index (χ1n) is 21.2. The molecule has 1 aromatic rings. The fraction of sp³-hybridized carbons (Fsp3) is 0.739. The van der Waals surface area contributed by atoms with E-state index in [0.29, 0.717) is 60.3 Å². The second-order valence-corrected chi connectivity index (χ2v) is 20.4. The molecule has 55 heavy (non-hydrogen) atoms. The first kappa shape index (κ1) is 40.0. The minimum absolute atomic E-state index is 0.0266. The van der Waals surface area contributed by atoms with Crippen molar-refractivity contribution < 1.29 is 29.6 Å². The van der Waals surface area contributed by atoms with E-state index in [2.05, 4.69) is 77.0 Å². The van der Waals surface area contributed by atoms with Crippen LogP contribution in [0.5, 0.6) is 5.88 Å². The molecular weight excluding hydrogens is 691 g/mol. The van der Waals surface area contributed by atoms with Gasteiger partial charge in [0, 0.05) is 18.3 Å². The molecule has 6 aliphatic rings. The number of hydrogen-bond acceptors (Lipinski definition) is 7. The number of allylic oxidation sites excluding steroid dienone is 4. The standard InChI is InChI=1S/C46H65N3O6/c1-28(2)31-14-21-46(49-26-34(50)39(51)52)23-22-43(6)33(37(31)46)10-11-36-42(5)17-15-32(41(3,4)35(42)16-18-44(36,43)7)29-12-19-45(20-13-29,40(53)54)27-55-38-30(25-47)9-8-24-48-38/h8-9,12,15,24,28,31,33-37,49-50H,10-11,13-14,16-23,26-27H2,1-7H3,(H,51,52)(H,53,54)/t31-,33+,34-,35-,36+,37+,42-,43+,44+,45-,46-/m0/s1. The minimum atomic E-state index is -1.38. The van der Waals surface area contributed by atoms with Gasteiger partial charge in [0.2, 0.25) is 5.88 Å². The van der Waals surface area contributed by atoms with Crippen LogP contribution in [-0.2, 0) is 9.59 Å². The molecule has 7 rings (SSSR count). The number of carbonyl (C=O) groups is 2. The average molecular weight is 756 g/mol. The van der Waals surface area contributed by atoms with E-state index < -0.39 is 23.5 Å². The Hall–Kier alpha value is -3.22. The van der Waals surface area contributed by atoms with E-state index >= 15 is 0 Å². The summed E-state index contributed by atoms with van der Waals surface area (Å²) in [4.78, 5) is 28.6. The van der Waals surface area contributed by atoms with E-state index in [0.717, 1.165) is 32.1 Å². The number of nitrogens with zero attached hydrogens (tertiary/aromatic N) is 2. The molecule has 4 fully saturated rings. The van der Waals surface area contributed by atoms with Gasteiger partial charge in [0.15, 0.2) is 6.10 Å². The summed E-state index contributed by atoms with van der Waals surface area (Å²) in [6, 6.07) is 5.40. The molecule has 0 saturated heterocycles. The number of fused-ring (bicyclic) bond motifs is 7. The van der Waals surface area contributed by atoms with E-state index in [1.807, 2.05) is 0 Å². The van der Waals surface area contributed by atoms with Gasteiger partial charge in [-0.2, -0.15) is 5.26 Å². The van der Waals surface area contributed by atoms with Crippen molar-refractivity contribution in [2.75, 3.05) is 13.2 Å². The predicted molar refractivity (Wildman–Crippen MR) is 211 cm³/mol. The number of aliphatic carboxylic acids is 2. The second kappa shape index (κ2) is 14.0. The fourth-order valence-corrected chi connectivity index (χ4v) is 14.6. The number of nitriles is 1. The Morgan fingerprint density at radius 3 is 2.38 bits per heavy atom. The summed E-state index contributed by atoms with van der Waals surface area (Å²) in [6.45, 7) is 17.6. The van der Waals surface area contributed by atoms with Crippen LogP contribution < -0.4 is 10.1 Å². The molecule has 300 valence electrons. The SMILES string of the molecule is CC(C)[C@@H]1CC[C@]2(NC[C@H](O)C(=O)O)CC[C@]3(C)[C@H](CC[C@@H]4[C@@]5(C)CC=C(C6=CC[C@](COc7ncccc7C#N)(C(=O)O)CC6)C(C)(C)[C@@H]5CC[C@]43C)[C@@H]12. The molecule has 11 atom stereocenters. The smallest absolute Gasteiger partial charge is 0.333 e. The lowest BCUT2D eigenvalue weighted by molar-refractivity contribution is -0.223. The fourth-order valence-electron chi connectivity index (χ4n) is 14.6. The maximum atomic E-state index is 12.8. The van der Waals surface area contributed by atoms with Crippen molar-refractivity contribution in [3.05, 3.63) is 47.2 Å². The quantitative estimate of drug-likeness (QED) is 0.184. The number of carboxylic acids is 2. The van der Waals surface area contributed by atoms with Crippen LogP contribution in [0.2, 0.25) is 0 Å². The van der Waals surface area contributed by atoms with Gasteiger partial charge in [0.05, 0.1) is 0 Å². The molecular formula is C46H65N3O6. The van der Waals surface area contributed by atoms with Crippen molar-refractivity contribution in [2.45, 2.75) is 137 Å². The van der Waals surface area contributed by atoms with Crippen LogP contribution in [0.1, 0.15) is 131 Å². The number of pyridine rings is 1. The highest BCUT2D eigenvalue weighted by Gasteiger charge is 2.70. The van der Waals surface area contributed by atoms with Gasteiger partial charge in [0.1, 0.15) is 23.7 Å². The molecule has 0 spiro atoms. The molecule has 6 aliphatic carbocycles. The molecule has 0 aromatic carbocycles. The second-order valence-electron chi connectivity index (χ2n) is 20.4. The molecule has 0 bridgehead atoms. The lowest BCUT2D eigenvalue weighted by atomic mass is 9.32. The molecule has 0 aliphatic heterocycles. The predicted octanol–water partition coefficient (Wildman–Crippen LogP) is 8.57. The number of rotatable bonds is 10. The number of aliphatic hydroxyl groups excluding tert-OH is 1. The van der Waals surface area contributed by atoms with Crippen LogP contribution in [-0.4, -0.2) is 57.0 Å². The van der Waals surface area contributed by atoms with Crippen molar-refractivity contribution in [1.29, 1.82) is 5.26 Å². The Morgan fingerprint density at radius 1 is 0.964 bits per heavy atom. The summed E-state index contributed by atoms with van der Waals surface area (Å²) in [6.07, 6.45) is 16.6. The Bertz CT molecular complexity index is 1800. The van der Waals surface area contributed by atoms with E-state index in [4.69, 9.17) is 4.74 Å². The number of nitrogens with one attached hydrogen (secondary N) is 1. The molecule has 4 saturated carbocycles. The third-order valence-electron chi connectivity index (χ3n) is 17.6. The molecule has 0 amide bonds. The first-order valence-corrected chi connectivity index (χ1v) is 21.2. The van der Waals surface area contributed by atoms with Gasteiger partial charge in [-0.05, 0) is 157 Å². The highest BCUT2D eigenvalue weighted by molar-refractivity contribution is 5.76. The Labute approximate surface area is 328 Å². The van der Waals surface area contributed by atoms with Gasteiger partial charge in [-0.3, -0.25) is 4.79 Å². The van der Waals surface area contributed by atoms with Gasteiger partial charge in [-0.15, -0.1) is 0 Å². The van der Waals surface area contributed by atoms with Crippen LogP contribution in [0.25, 0.3) is 0 Å². The van der Waals surface area contributed by atoms with Crippen LogP contribution in [0.4, 0.5) is 0 Å². The highest BCUT2D eigenvalue weighted by atomic mass is 16.5. The van der Waals surface area contributed by atoms with E-state index in [-0.39, 0.29) is 46.2 Å². The summed E-state index contributed by atoms with van der Waals surface area (Å²) in [5, 5.41) is 43.5. The largest absolute Gasteiger partial charge is 0.481 e. The normalized spacial score (nSPS) is 41.0. The minimum Gasteiger partial charge on any atom is -0.481 e. The maximum Gasteiger partial charge on any atom is 0.333 e. The lowest BCUT2D eigenvalue weighted by Gasteiger charge is -2.72. The summed E-state index contributed by atoms with van der Waals surface area (Å²) < 4.78 is 5.93. The van der Waals surface area contributed by atoms with Crippen molar-refractivity contribution in [3.8, 4) is 11.9 Å². The number of hydrogen-bond donors (Lipinski definition) is 4. The van der Waals surface area contributed by atoms with Gasteiger partial charge >= 0.3 is 11.9 Å². The first-order chi connectivity index (χ1) is 25.9. The van der Waals surface area contributed by atoms with Crippen molar-refractivity contribution >= 4 is 11.9 Å². The van der Waals surface area contributed by atoms with Crippen LogP contribution in [0.15, 0.2) is 41.6 Å². The lowest BCUT2D eigenvalue weighted by Crippen LogP contribution is -2.68. The van der Waals surface area contributed by atoms with Gasteiger partial charge < -0.3 is 25.4 Å². The Balaban J connectivity index is 1.13. The summed E-state index contributed by atoms with van der Waals surface area (Å²) >= 11 is 0. The zero-order valence-electron chi connectivity index (χ0n) is 34.3. The topological polar surface area (TPSA) is 153 Å². The van der Waals surface area contributed by atoms with Crippen LogP contribution >= 0.6 is 0 Å². The van der Waals surface area contributed by atoms with Gasteiger partial charge in [-0.1, -0.05) is 60.6 Å². The van der Waals surface area contributed by atoms with E-state index in [1.165, 1.54) is 36.8 Å². The zero-order chi connectivity index (χ0) is 39.8. The maximum absolute atomic E-state index is 12.8. The molecule has 0 unspecified atom stereocenters. The number of aliphatic hydroxyl groups is 1. The molecule has 1 heterocycles. The molecule has 1 aromatic heterocycles. The zero-order valence-corrected chi connectivity index (χ0v) is 34.3. The van der Waals surface area contributed by atoms with E-state index in [1.54, 1.807) is 18.3 Å². The van der Waals surface area contributed by atoms with Crippen molar-refractivity contribution in [1.82, 2.24) is 10.3 Å². The van der Waals surface area contributed by atoms with Gasteiger partial charge in [0.25, 0.3) is 0 Å².